The van der Waals surface area contributed by atoms with Gasteiger partial charge in [0.15, 0.2) is 5.96 Å². The van der Waals surface area contributed by atoms with Gasteiger partial charge >= 0.3 is 0 Å². The van der Waals surface area contributed by atoms with Gasteiger partial charge in [-0.2, -0.15) is 0 Å². The van der Waals surface area contributed by atoms with E-state index in [-0.39, 0.29) is 5.91 Å². The van der Waals surface area contributed by atoms with Crippen molar-refractivity contribution in [3.8, 4) is 0 Å². The molecule has 2 N–H and O–H groups in total. The molecule has 0 saturated carbocycles. The molecule has 0 unspecified atom stereocenters. The summed E-state index contributed by atoms with van der Waals surface area (Å²) in [5.41, 5.74) is 1.83. The summed E-state index contributed by atoms with van der Waals surface area (Å²) in [6, 6.07) is 11.5. The normalized spacial score (nSPS) is 11.3. The largest absolute Gasteiger partial charge is 0.467 e. The molecule has 158 valence electrons. The first-order valence-corrected chi connectivity index (χ1v) is 10.0. The maximum Gasteiger partial charge on any atom is 0.253 e. The topological polar surface area (TPSA) is 79.1 Å². The summed E-state index contributed by atoms with van der Waals surface area (Å²) >= 11 is 0. The predicted molar refractivity (Wildman–Crippen MR) is 115 cm³/mol. The first-order chi connectivity index (χ1) is 14.1. The first-order valence-electron chi connectivity index (χ1n) is 10.0. The molecule has 0 radical (unpaired) electrons. The van der Waals surface area contributed by atoms with Crippen LogP contribution in [0.25, 0.3) is 0 Å². The number of carbonyl (C=O) groups is 1. The average molecular weight is 401 g/mol. The van der Waals surface area contributed by atoms with E-state index in [0.29, 0.717) is 25.3 Å². The molecular formula is C22H32N4O3. The summed E-state index contributed by atoms with van der Waals surface area (Å²) in [4.78, 5) is 18.3. The van der Waals surface area contributed by atoms with Gasteiger partial charge in [-0.05, 0) is 49.6 Å². The van der Waals surface area contributed by atoms with Gasteiger partial charge in [0.2, 0.25) is 0 Å². The zero-order chi connectivity index (χ0) is 20.9. The zero-order valence-electron chi connectivity index (χ0n) is 17.6. The van der Waals surface area contributed by atoms with Gasteiger partial charge in [0, 0.05) is 45.9 Å². The van der Waals surface area contributed by atoms with E-state index in [9.17, 15) is 4.79 Å². The van der Waals surface area contributed by atoms with Crippen LogP contribution in [0.1, 0.15) is 35.0 Å². The van der Waals surface area contributed by atoms with E-state index in [0.717, 1.165) is 43.2 Å². The molecule has 0 fully saturated rings. The third kappa shape index (κ3) is 8.39. The lowest BCUT2D eigenvalue weighted by atomic mass is 10.1. The number of nitrogens with zero attached hydrogens (tertiary/aromatic N) is 2. The highest BCUT2D eigenvalue weighted by molar-refractivity contribution is 5.94. The molecule has 1 amide bonds. The molecule has 7 nitrogen and oxygen atoms in total. The number of aliphatic imine (C=N–C) groups is 1. The molecule has 0 bridgehead atoms. The molecule has 7 heteroatoms. The third-order valence-electron chi connectivity index (χ3n) is 4.17. The molecule has 1 aromatic carbocycles. The van der Waals surface area contributed by atoms with Crippen molar-refractivity contribution >= 4 is 11.9 Å². The minimum absolute atomic E-state index is 0.0176. The van der Waals surface area contributed by atoms with Crippen LogP contribution in [0.4, 0.5) is 0 Å². The van der Waals surface area contributed by atoms with Crippen molar-refractivity contribution in [1.29, 1.82) is 0 Å². The van der Waals surface area contributed by atoms with E-state index >= 15 is 0 Å². The number of carbonyl (C=O) groups excluding carboxylic acids is 1. The fourth-order valence-electron chi connectivity index (χ4n) is 2.71. The van der Waals surface area contributed by atoms with Gasteiger partial charge in [-0.1, -0.05) is 12.1 Å². The van der Waals surface area contributed by atoms with Gasteiger partial charge in [0.25, 0.3) is 5.91 Å². The van der Waals surface area contributed by atoms with Crippen LogP contribution < -0.4 is 10.6 Å². The molecule has 0 saturated heterocycles. The molecule has 2 aromatic rings. The number of ether oxygens (including phenoxy) is 1. The molecule has 0 atom stereocenters. The number of rotatable bonds is 11. The molecule has 29 heavy (non-hydrogen) atoms. The van der Waals surface area contributed by atoms with Gasteiger partial charge < -0.3 is 24.7 Å². The Bertz CT molecular complexity index is 757. The van der Waals surface area contributed by atoms with Gasteiger partial charge in [0.05, 0.1) is 6.26 Å². The van der Waals surface area contributed by atoms with E-state index in [1.54, 1.807) is 25.3 Å². The minimum atomic E-state index is 0.0176. The van der Waals surface area contributed by atoms with Gasteiger partial charge in [0.1, 0.15) is 12.4 Å². The van der Waals surface area contributed by atoms with Gasteiger partial charge in [-0.15, -0.1) is 0 Å². The molecular weight excluding hydrogens is 368 g/mol. The quantitative estimate of drug-likeness (QED) is 0.344. The summed E-state index contributed by atoms with van der Waals surface area (Å²) < 4.78 is 10.8. The van der Waals surface area contributed by atoms with Crippen LogP contribution >= 0.6 is 0 Å². The average Bonchev–Trinajstić information content (AvgIpc) is 3.23. The van der Waals surface area contributed by atoms with Gasteiger partial charge in [-0.25, -0.2) is 0 Å². The van der Waals surface area contributed by atoms with Crippen molar-refractivity contribution < 1.29 is 13.9 Å². The summed E-state index contributed by atoms with van der Waals surface area (Å²) in [5.74, 6) is 1.64. The lowest BCUT2D eigenvalue weighted by Gasteiger charge is -2.13. The lowest BCUT2D eigenvalue weighted by molar-refractivity contribution is 0.0827. The highest BCUT2D eigenvalue weighted by Crippen LogP contribution is 2.08. The minimum Gasteiger partial charge on any atom is -0.467 e. The molecule has 1 aromatic heterocycles. The third-order valence-corrected chi connectivity index (χ3v) is 4.17. The van der Waals surface area contributed by atoms with Crippen molar-refractivity contribution in [1.82, 2.24) is 15.5 Å². The fourth-order valence-corrected chi connectivity index (χ4v) is 2.71. The monoisotopic (exact) mass is 400 g/mol. The van der Waals surface area contributed by atoms with Gasteiger partial charge in [-0.3, -0.25) is 9.79 Å². The second-order valence-electron chi connectivity index (χ2n) is 6.82. The number of hydrogen-bond donors (Lipinski definition) is 2. The maximum atomic E-state index is 12.1. The van der Waals surface area contributed by atoms with Crippen LogP contribution in [-0.2, 0) is 17.8 Å². The summed E-state index contributed by atoms with van der Waals surface area (Å²) in [6.45, 7) is 5.38. The van der Waals surface area contributed by atoms with E-state index in [1.165, 1.54) is 0 Å². The molecule has 0 aliphatic rings. The fraction of sp³-hybridized carbons (Fsp3) is 0.455. The highest BCUT2D eigenvalue weighted by atomic mass is 16.5. The number of hydrogen-bond acceptors (Lipinski definition) is 4. The zero-order valence-corrected chi connectivity index (χ0v) is 17.6. The Hall–Kier alpha value is -2.80. The Balaban J connectivity index is 1.71. The number of furan rings is 1. The standard InChI is InChI=1S/C22H32N4O3/c1-4-23-22(24-12-7-14-28-17-20-10-6-15-29-20)25-13-11-18-8-5-9-19(16-18)21(27)26(2)3/h5-6,8-10,15-16H,4,7,11-14,17H2,1-3H3,(H2,23,24,25). The van der Waals surface area contributed by atoms with E-state index in [2.05, 4.69) is 15.6 Å². The van der Waals surface area contributed by atoms with E-state index in [4.69, 9.17) is 9.15 Å². The Labute approximate surface area is 173 Å². The predicted octanol–water partition coefficient (Wildman–Crippen LogP) is 2.69. The molecule has 1 heterocycles. The SMILES string of the molecule is CCNC(=NCCCOCc1ccco1)NCCc1cccc(C(=O)N(C)C)c1. The van der Waals surface area contributed by atoms with Crippen LogP contribution in [-0.4, -0.2) is 57.1 Å². The molecule has 0 aliphatic carbocycles. The summed E-state index contributed by atoms with van der Waals surface area (Å²) in [7, 11) is 3.52. The Morgan fingerprint density at radius 1 is 1.21 bits per heavy atom. The van der Waals surface area contributed by atoms with Crippen molar-refractivity contribution in [3.05, 3.63) is 59.5 Å². The first kappa shape index (κ1) is 22.5. The maximum absolute atomic E-state index is 12.1. The van der Waals surface area contributed by atoms with Crippen LogP contribution in [0.15, 0.2) is 52.1 Å². The smallest absolute Gasteiger partial charge is 0.253 e. The van der Waals surface area contributed by atoms with Crippen molar-refractivity contribution in [2.75, 3.05) is 40.3 Å². The second kappa shape index (κ2) is 12.6. The highest BCUT2D eigenvalue weighted by Gasteiger charge is 2.08. The number of benzene rings is 1. The summed E-state index contributed by atoms with van der Waals surface area (Å²) in [5, 5.41) is 6.59. The molecule has 0 spiro atoms. The number of nitrogens with one attached hydrogen (secondary N) is 2. The lowest BCUT2D eigenvalue weighted by Crippen LogP contribution is -2.38. The van der Waals surface area contributed by atoms with Crippen LogP contribution in [0.2, 0.25) is 0 Å². The second-order valence-corrected chi connectivity index (χ2v) is 6.82. The van der Waals surface area contributed by atoms with Crippen LogP contribution in [0.3, 0.4) is 0 Å². The molecule has 0 aliphatic heterocycles. The Morgan fingerprint density at radius 2 is 2.07 bits per heavy atom. The van der Waals surface area contributed by atoms with E-state index in [1.807, 2.05) is 43.3 Å². The molecule has 2 rings (SSSR count). The number of amides is 1. The van der Waals surface area contributed by atoms with E-state index < -0.39 is 0 Å². The van der Waals surface area contributed by atoms with Crippen molar-refractivity contribution in [2.24, 2.45) is 4.99 Å². The Kier molecular flexibility index (Phi) is 9.78. The van der Waals surface area contributed by atoms with Crippen molar-refractivity contribution in [2.45, 2.75) is 26.4 Å². The van der Waals surface area contributed by atoms with Crippen LogP contribution in [0, 0.1) is 0 Å². The summed E-state index contributed by atoms with van der Waals surface area (Å²) in [6.07, 6.45) is 3.30. The number of guanidine groups is 1. The van der Waals surface area contributed by atoms with Crippen LogP contribution in [0.5, 0.6) is 0 Å². The van der Waals surface area contributed by atoms with Crippen molar-refractivity contribution in [3.63, 3.8) is 0 Å². The Morgan fingerprint density at radius 3 is 2.79 bits per heavy atom.